The minimum Gasteiger partial charge on any atom is -0.456 e. The summed E-state index contributed by atoms with van der Waals surface area (Å²) in [6, 6.07) is 171. The third-order valence-corrected chi connectivity index (χ3v) is 27.1. The minimum atomic E-state index is 0.910. The van der Waals surface area contributed by atoms with Gasteiger partial charge in [0.2, 0.25) is 0 Å². The fourth-order valence-electron chi connectivity index (χ4n) is 21.3. The zero-order valence-corrected chi connectivity index (χ0v) is 72.5. The largest absolute Gasteiger partial charge is 0.456 e. The molecule has 10 heteroatoms. The fraction of sp³-hybridized carbons (Fsp3) is 0. The molecule has 10 nitrogen and oxygen atoms in total. The number of fused-ring (bicyclic) bond motifs is 4. The quantitative estimate of drug-likeness (QED) is 0.108. The van der Waals surface area contributed by atoms with Crippen LogP contribution >= 0.6 is 0 Å². The molecule has 0 spiro atoms. The van der Waals surface area contributed by atoms with Crippen molar-refractivity contribution in [2.24, 2.45) is 0 Å². The van der Waals surface area contributed by atoms with Gasteiger partial charge >= 0.3 is 0 Å². The number of para-hydroxylation sites is 6. The van der Waals surface area contributed by atoms with Crippen molar-refractivity contribution in [1.29, 1.82) is 0 Å². The summed E-state index contributed by atoms with van der Waals surface area (Å²) in [7, 11) is 0. The molecule has 0 atom stereocenters. The summed E-state index contributed by atoms with van der Waals surface area (Å²) in [6.45, 7) is 0. The van der Waals surface area contributed by atoms with E-state index in [-0.39, 0.29) is 0 Å². The first-order chi connectivity index (χ1) is 66.5. The van der Waals surface area contributed by atoms with Gasteiger partial charge in [-0.2, -0.15) is 0 Å². The zero-order chi connectivity index (χ0) is 88.0. The predicted molar refractivity (Wildman–Crippen MR) is 556 cm³/mol. The number of hydrogen-bond acceptors (Lipinski definition) is 6. The van der Waals surface area contributed by atoms with Gasteiger partial charge in [-0.15, -0.1) is 0 Å². The second-order valence-electron chi connectivity index (χ2n) is 34.6. The van der Waals surface area contributed by atoms with E-state index >= 15 is 0 Å². The van der Waals surface area contributed by atoms with Crippen molar-refractivity contribution >= 4 is 181 Å². The SMILES string of the molecule is c1ccc(N(c2ccc(-n3c4cccc5c4c4c6c(cccc6ccc43)O5)cc2)c2ccc3c4ccccc4n(-c4ccccc4)c3c2)cc1.c1ccc(N(c2ccc(-n3c4cccc5c4c4c6c(cccc6ccc43)O5)cc2)c2ccc3ccccc3c2)cc1.c1ccc(N(c2ccccc2)c2ccc(-c3ccc(-n4c5cccc6c5c5c7c(cccc7ccc54)O6)cc3)cc2)cc1. The molecule has 0 bridgehead atoms. The van der Waals surface area contributed by atoms with E-state index in [4.69, 9.17) is 14.2 Å². The highest BCUT2D eigenvalue weighted by Crippen LogP contribution is 2.54. The van der Waals surface area contributed by atoms with Gasteiger partial charge in [-0.1, -0.05) is 243 Å². The summed E-state index contributed by atoms with van der Waals surface area (Å²) in [6.07, 6.45) is 0. The van der Waals surface area contributed by atoms with Crippen molar-refractivity contribution < 1.29 is 14.2 Å². The maximum Gasteiger partial charge on any atom is 0.137 e. The molecule has 22 aromatic carbocycles. The normalized spacial score (nSPS) is 12.1. The van der Waals surface area contributed by atoms with Crippen LogP contribution < -0.4 is 28.9 Å². The molecular weight excluding hydrogens is 1640 g/mol. The molecule has 0 fully saturated rings. The predicted octanol–water partition coefficient (Wildman–Crippen LogP) is 34.5. The average molecular weight is 1720 g/mol. The first-order valence-electron chi connectivity index (χ1n) is 45.6. The number of anilines is 9. The summed E-state index contributed by atoms with van der Waals surface area (Å²) in [5.41, 5.74) is 26.3. The van der Waals surface area contributed by atoms with E-state index in [1.165, 1.54) is 125 Å². The molecule has 29 rings (SSSR count). The molecule has 0 radical (unpaired) electrons. The Hall–Kier alpha value is -18.1. The molecule has 0 N–H and O–H groups in total. The van der Waals surface area contributed by atoms with Gasteiger partial charge in [-0.3, -0.25) is 0 Å². The summed E-state index contributed by atoms with van der Waals surface area (Å²) in [5.74, 6) is 5.52. The van der Waals surface area contributed by atoms with E-state index < -0.39 is 0 Å². The Balaban J connectivity index is 0.000000103. The second kappa shape index (κ2) is 30.8. The van der Waals surface area contributed by atoms with E-state index in [1.54, 1.807) is 0 Å². The van der Waals surface area contributed by atoms with E-state index in [0.717, 1.165) is 125 Å². The Morgan fingerprint density at radius 2 is 0.403 bits per heavy atom. The highest BCUT2D eigenvalue weighted by atomic mass is 16.5. The zero-order valence-electron chi connectivity index (χ0n) is 72.5. The Morgan fingerprint density at radius 3 is 0.828 bits per heavy atom. The van der Waals surface area contributed by atoms with Crippen LogP contribution in [0.5, 0.6) is 34.5 Å². The molecule has 0 saturated carbocycles. The second-order valence-corrected chi connectivity index (χ2v) is 34.6. The van der Waals surface area contributed by atoms with Crippen molar-refractivity contribution in [3.8, 4) is 68.4 Å². The third-order valence-electron chi connectivity index (χ3n) is 27.1. The van der Waals surface area contributed by atoms with Crippen molar-refractivity contribution in [1.82, 2.24) is 18.3 Å². The molecule has 4 aromatic heterocycles. The first-order valence-corrected chi connectivity index (χ1v) is 45.6. The van der Waals surface area contributed by atoms with Crippen LogP contribution in [0.4, 0.5) is 51.2 Å². The molecule has 0 amide bonds. The molecule has 7 heterocycles. The van der Waals surface area contributed by atoms with Gasteiger partial charge in [0.1, 0.15) is 34.5 Å². The van der Waals surface area contributed by atoms with Crippen LogP contribution in [0.25, 0.3) is 164 Å². The lowest BCUT2D eigenvalue weighted by atomic mass is 10.0. The molecule has 3 aliphatic heterocycles. The molecule has 0 saturated heterocycles. The van der Waals surface area contributed by atoms with Crippen molar-refractivity contribution in [2.75, 3.05) is 14.7 Å². The number of aromatic nitrogens is 4. The first kappa shape index (κ1) is 76.0. The number of hydrogen-bond donors (Lipinski definition) is 0. The van der Waals surface area contributed by atoms with Crippen LogP contribution in [0.15, 0.2) is 479 Å². The summed E-state index contributed by atoms with van der Waals surface area (Å²) in [4.78, 5) is 6.96. The van der Waals surface area contributed by atoms with Gasteiger partial charge in [0.15, 0.2) is 0 Å². The summed E-state index contributed by atoms with van der Waals surface area (Å²) >= 11 is 0. The molecule has 628 valence electrons. The Morgan fingerprint density at radius 1 is 0.142 bits per heavy atom. The van der Waals surface area contributed by atoms with Crippen LogP contribution in [0, 0.1) is 0 Å². The Labute approximate surface area is 771 Å². The fourth-order valence-corrected chi connectivity index (χ4v) is 21.3. The van der Waals surface area contributed by atoms with Gasteiger partial charge in [-0.25, -0.2) is 0 Å². The highest BCUT2D eigenvalue weighted by molar-refractivity contribution is 6.29. The smallest absolute Gasteiger partial charge is 0.137 e. The van der Waals surface area contributed by atoms with Gasteiger partial charge in [-0.05, 0) is 275 Å². The molecule has 0 aliphatic carbocycles. The Bertz CT molecular complexity index is 9160. The van der Waals surface area contributed by atoms with Crippen molar-refractivity contribution in [2.45, 2.75) is 0 Å². The van der Waals surface area contributed by atoms with Crippen LogP contribution in [0.2, 0.25) is 0 Å². The van der Waals surface area contributed by atoms with Crippen molar-refractivity contribution in [3.63, 3.8) is 0 Å². The summed E-state index contributed by atoms with van der Waals surface area (Å²) in [5, 5.41) is 19.4. The molecule has 3 aliphatic rings. The number of benzene rings is 22. The maximum atomic E-state index is 6.45. The lowest BCUT2D eigenvalue weighted by Crippen LogP contribution is -2.10. The Kier molecular flexibility index (Phi) is 17.5. The van der Waals surface area contributed by atoms with Crippen molar-refractivity contribution in [3.05, 3.63) is 479 Å². The average Bonchev–Trinajstić information content (AvgIpc) is 1.56. The standard InChI is InChI=1S/C46H29N3O.C40H26N2O.C38H24N2O/c1-3-12-31(13-4-1)47(35-26-27-37-36-16-7-8-17-38(36)48(41(37)29-35)32-14-5-2-6-15-32)33-22-24-34(25-23-33)49-39-18-10-20-43-45(39)46-40(49)28-21-30-11-9-19-42(50-43)44(30)46;1-3-10-30(11-4-1)41(31-12-5-2-6-13-31)32-22-17-27(18-23-32)28-19-24-33(25-20-28)42-34-14-8-16-37-39(34)40-35(42)26-21-29-9-7-15-36(43-37)38(29)40;1-2-11-28(12-3-1)39(31-18-16-25-8-4-5-9-27(25)24-31)29-19-21-30(22-20-29)40-32-13-7-15-35-37(32)38-33(40)23-17-26-10-6-14-34(41-35)36(26)38/h1-29H;1-26H;1-24H. The van der Waals surface area contributed by atoms with Crippen LogP contribution in [-0.2, 0) is 0 Å². The molecule has 134 heavy (non-hydrogen) atoms. The molecule has 0 unspecified atom stereocenters. The van der Waals surface area contributed by atoms with E-state index in [1.807, 2.05) is 0 Å². The van der Waals surface area contributed by atoms with Gasteiger partial charge in [0.05, 0.1) is 60.3 Å². The van der Waals surface area contributed by atoms with E-state index in [2.05, 4.69) is 512 Å². The van der Waals surface area contributed by atoms with Crippen LogP contribution in [0.1, 0.15) is 0 Å². The minimum absolute atomic E-state index is 0.910. The van der Waals surface area contributed by atoms with E-state index in [0.29, 0.717) is 0 Å². The van der Waals surface area contributed by atoms with Crippen LogP contribution in [0.3, 0.4) is 0 Å². The lowest BCUT2D eigenvalue weighted by Gasteiger charge is -2.26. The van der Waals surface area contributed by atoms with Gasteiger partial charge in [0.25, 0.3) is 0 Å². The monoisotopic (exact) mass is 1710 g/mol. The number of nitrogens with zero attached hydrogens (tertiary/aromatic N) is 7. The number of ether oxygens (including phenoxy) is 3. The molecule has 26 aromatic rings. The van der Waals surface area contributed by atoms with Gasteiger partial charge < -0.3 is 47.2 Å². The molecular formula is C124H79N7O3. The third kappa shape index (κ3) is 12.2. The van der Waals surface area contributed by atoms with E-state index in [9.17, 15) is 0 Å². The van der Waals surface area contributed by atoms with Crippen LogP contribution in [-0.4, -0.2) is 18.3 Å². The maximum absolute atomic E-state index is 6.45. The topological polar surface area (TPSA) is 57.1 Å². The summed E-state index contributed by atoms with van der Waals surface area (Å²) < 4.78 is 28.7. The number of rotatable bonds is 14. The lowest BCUT2D eigenvalue weighted by molar-refractivity contribution is 0.492. The highest BCUT2D eigenvalue weighted by Gasteiger charge is 2.30. The van der Waals surface area contributed by atoms with Gasteiger partial charge in [0, 0.05) is 117 Å².